The highest BCUT2D eigenvalue weighted by atomic mass is 79.9. The minimum absolute atomic E-state index is 0.156. The fraction of sp³-hybridized carbons (Fsp3) is 0.231. The number of amides is 1. The van der Waals surface area contributed by atoms with Gasteiger partial charge in [0.05, 0.1) is 4.47 Å². The average molecular weight is 373 g/mol. The van der Waals surface area contributed by atoms with E-state index in [9.17, 15) is 9.18 Å². The number of carbonyl (C=O) groups excluding carboxylic acids is 1. The summed E-state index contributed by atoms with van der Waals surface area (Å²) in [5.74, 6) is -0.691. The number of hydrogen-bond acceptors (Lipinski definition) is 5. The molecule has 0 atom stereocenters. The van der Waals surface area contributed by atoms with Gasteiger partial charge in [0.15, 0.2) is 5.13 Å². The standard InChI is InChI=1S/C13H14BrFN4OS/c1-3-17-13-19-11(16)10(21-13)12(20)18-9-5-8(15)7(14)4-6(9)2/h4-5H,3,16H2,1-2H3,(H,17,19)(H,18,20). The number of nitrogens with two attached hydrogens (primary N) is 1. The summed E-state index contributed by atoms with van der Waals surface area (Å²) >= 11 is 4.26. The molecule has 0 unspecified atom stereocenters. The monoisotopic (exact) mass is 372 g/mol. The van der Waals surface area contributed by atoms with E-state index in [-0.39, 0.29) is 5.82 Å². The molecule has 0 spiro atoms. The van der Waals surface area contributed by atoms with Crippen LogP contribution in [0.25, 0.3) is 0 Å². The number of nitrogens with zero attached hydrogens (tertiary/aromatic N) is 1. The molecule has 5 nitrogen and oxygen atoms in total. The van der Waals surface area contributed by atoms with Crippen LogP contribution in [0.15, 0.2) is 16.6 Å². The van der Waals surface area contributed by atoms with E-state index in [4.69, 9.17) is 5.73 Å². The molecule has 0 fully saturated rings. The van der Waals surface area contributed by atoms with Gasteiger partial charge in [0.2, 0.25) is 0 Å². The number of halogens is 2. The summed E-state index contributed by atoms with van der Waals surface area (Å²) in [6.07, 6.45) is 0. The molecular weight excluding hydrogens is 359 g/mol. The third-order valence-corrected chi connectivity index (χ3v) is 4.34. The lowest BCUT2D eigenvalue weighted by molar-refractivity contribution is 0.103. The molecule has 0 radical (unpaired) electrons. The van der Waals surface area contributed by atoms with Gasteiger partial charge in [-0.05, 0) is 47.5 Å². The van der Waals surface area contributed by atoms with Crippen molar-refractivity contribution in [3.8, 4) is 0 Å². The summed E-state index contributed by atoms with van der Waals surface area (Å²) in [7, 11) is 0. The summed E-state index contributed by atoms with van der Waals surface area (Å²) in [5.41, 5.74) is 6.88. The van der Waals surface area contributed by atoms with E-state index in [0.717, 1.165) is 16.9 Å². The maximum atomic E-state index is 13.6. The van der Waals surface area contributed by atoms with Crippen molar-refractivity contribution >= 4 is 49.8 Å². The van der Waals surface area contributed by atoms with Crippen LogP contribution >= 0.6 is 27.3 Å². The zero-order chi connectivity index (χ0) is 15.6. The molecule has 1 heterocycles. The van der Waals surface area contributed by atoms with Gasteiger partial charge in [0.1, 0.15) is 16.5 Å². The third kappa shape index (κ3) is 3.51. The number of carbonyl (C=O) groups is 1. The van der Waals surface area contributed by atoms with Crippen LogP contribution in [0, 0.1) is 12.7 Å². The van der Waals surface area contributed by atoms with Crippen LogP contribution in [0.1, 0.15) is 22.2 Å². The van der Waals surface area contributed by atoms with Crippen LogP contribution in [0.4, 0.5) is 21.0 Å². The summed E-state index contributed by atoms with van der Waals surface area (Å²) < 4.78 is 13.9. The fourth-order valence-electron chi connectivity index (χ4n) is 1.68. The predicted molar refractivity (Wildman–Crippen MR) is 87.5 cm³/mol. The topological polar surface area (TPSA) is 80.0 Å². The van der Waals surface area contributed by atoms with Gasteiger partial charge in [-0.3, -0.25) is 4.79 Å². The molecule has 21 heavy (non-hydrogen) atoms. The number of nitrogens with one attached hydrogen (secondary N) is 2. The quantitative estimate of drug-likeness (QED) is 0.765. The minimum Gasteiger partial charge on any atom is -0.382 e. The second-order valence-corrected chi connectivity index (χ2v) is 6.15. The van der Waals surface area contributed by atoms with E-state index in [0.29, 0.717) is 26.7 Å². The Balaban J connectivity index is 2.24. The summed E-state index contributed by atoms with van der Waals surface area (Å²) in [4.78, 5) is 16.6. The Hall–Kier alpha value is -1.67. The van der Waals surface area contributed by atoms with Crippen molar-refractivity contribution in [2.24, 2.45) is 0 Å². The van der Waals surface area contributed by atoms with Gasteiger partial charge in [-0.25, -0.2) is 9.37 Å². The van der Waals surface area contributed by atoms with Crippen molar-refractivity contribution in [3.63, 3.8) is 0 Å². The minimum atomic E-state index is -0.443. The summed E-state index contributed by atoms with van der Waals surface area (Å²) in [6.45, 7) is 4.39. The van der Waals surface area contributed by atoms with Crippen molar-refractivity contribution < 1.29 is 9.18 Å². The Kier molecular flexibility index (Phi) is 4.79. The second-order valence-electron chi connectivity index (χ2n) is 4.30. The van der Waals surface area contributed by atoms with Gasteiger partial charge in [-0.1, -0.05) is 11.3 Å². The Morgan fingerprint density at radius 2 is 2.24 bits per heavy atom. The van der Waals surface area contributed by atoms with Gasteiger partial charge < -0.3 is 16.4 Å². The molecule has 0 saturated carbocycles. The molecule has 1 amide bonds. The largest absolute Gasteiger partial charge is 0.382 e. The number of hydrogen-bond donors (Lipinski definition) is 3. The number of thiazole rings is 1. The van der Waals surface area contributed by atoms with Crippen LogP contribution in [0.5, 0.6) is 0 Å². The number of rotatable bonds is 4. The predicted octanol–water partition coefficient (Wildman–Crippen LogP) is 3.62. The Morgan fingerprint density at radius 1 is 1.52 bits per heavy atom. The number of nitrogen functional groups attached to an aromatic ring is 1. The summed E-state index contributed by atoms with van der Waals surface area (Å²) in [5, 5.41) is 6.23. The molecule has 0 saturated heterocycles. The summed E-state index contributed by atoms with van der Waals surface area (Å²) in [6, 6.07) is 2.87. The van der Waals surface area contributed by atoms with E-state index < -0.39 is 11.7 Å². The van der Waals surface area contributed by atoms with Crippen LogP contribution in [-0.4, -0.2) is 17.4 Å². The smallest absolute Gasteiger partial charge is 0.269 e. The molecule has 0 aliphatic rings. The zero-order valence-corrected chi connectivity index (χ0v) is 13.9. The van der Waals surface area contributed by atoms with E-state index in [1.807, 2.05) is 6.92 Å². The number of anilines is 3. The van der Waals surface area contributed by atoms with Crippen LogP contribution in [-0.2, 0) is 0 Å². The molecule has 0 aliphatic carbocycles. The van der Waals surface area contributed by atoms with Crippen LogP contribution in [0.3, 0.4) is 0 Å². The van der Waals surface area contributed by atoms with Crippen molar-refractivity contribution in [1.82, 2.24) is 4.98 Å². The highest BCUT2D eigenvalue weighted by Crippen LogP contribution is 2.28. The van der Waals surface area contributed by atoms with Crippen molar-refractivity contribution in [3.05, 3.63) is 32.9 Å². The first-order chi connectivity index (χ1) is 9.92. The third-order valence-electron chi connectivity index (χ3n) is 2.70. The maximum Gasteiger partial charge on any atom is 0.269 e. The van der Waals surface area contributed by atoms with Crippen molar-refractivity contribution in [1.29, 1.82) is 0 Å². The molecular formula is C13H14BrFN4OS. The first-order valence-corrected chi connectivity index (χ1v) is 7.80. The average Bonchev–Trinajstić information content (AvgIpc) is 2.77. The first kappa shape index (κ1) is 15.7. The molecule has 2 aromatic rings. The Morgan fingerprint density at radius 3 is 2.90 bits per heavy atom. The van der Waals surface area contributed by atoms with E-state index >= 15 is 0 Å². The molecule has 4 N–H and O–H groups in total. The SMILES string of the molecule is CCNc1nc(N)c(C(=O)Nc2cc(F)c(Br)cc2C)s1. The number of aryl methyl sites for hydroxylation is 1. The maximum absolute atomic E-state index is 13.6. The number of aromatic nitrogens is 1. The van der Waals surface area contributed by atoms with Gasteiger partial charge >= 0.3 is 0 Å². The van der Waals surface area contributed by atoms with Gasteiger partial charge in [-0.2, -0.15) is 0 Å². The number of benzene rings is 1. The van der Waals surface area contributed by atoms with Crippen LogP contribution < -0.4 is 16.4 Å². The van der Waals surface area contributed by atoms with E-state index in [2.05, 4.69) is 31.5 Å². The van der Waals surface area contributed by atoms with E-state index in [1.165, 1.54) is 6.07 Å². The lowest BCUT2D eigenvalue weighted by atomic mass is 10.2. The van der Waals surface area contributed by atoms with Crippen molar-refractivity contribution in [2.45, 2.75) is 13.8 Å². The highest BCUT2D eigenvalue weighted by molar-refractivity contribution is 9.10. The van der Waals surface area contributed by atoms with Crippen LogP contribution in [0.2, 0.25) is 0 Å². The molecule has 2 rings (SSSR count). The Bertz CT molecular complexity index is 689. The second kappa shape index (κ2) is 6.40. The lowest BCUT2D eigenvalue weighted by Crippen LogP contribution is -2.13. The van der Waals surface area contributed by atoms with Gasteiger partial charge in [0.25, 0.3) is 5.91 Å². The molecule has 0 bridgehead atoms. The normalized spacial score (nSPS) is 10.5. The van der Waals surface area contributed by atoms with E-state index in [1.54, 1.807) is 13.0 Å². The zero-order valence-electron chi connectivity index (χ0n) is 11.5. The van der Waals surface area contributed by atoms with Crippen molar-refractivity contribution in [2.75, 3.05) is 22.9 Å². The lowest BCUT2D eigenvalue weighted by Gasteiger charge is -2.08. The Labute approximate surface area is 133 Å². The molecule has 0 aliphatic heterocycles. The highest BCUT2D eigenvalue weighted by Gasteiger charge is 2.17. The molecule has 112 valence electrons. The first-order valence-electron chi connectivity index (χ1n) is 6.19. The molecule has 8 heteroatoms. The van der Waals surface area contributed by atoms with Gasteiger partial charge in [0, 0.05) is 12.2 Å². The molecule has 1 aromatic heterocycles. The van der Waals surface area contributed by atoms with Gasteiger partial charge in [-0.15, -0.1) is 0 Å². The molecule has 1 aromatic carbocycles. The fourth-order valence-corrected chi connectivity index (χ4v) is 2.99.